The van der Waals surface area contributed by atoms with Crippen LogP contribution >= 0.6 is 0 Å². The van der Waals surface area contributed by atoms with E-state index in [0.717, 1.165) is 35.0 Å². The first kappa shape index (κ1) is 30.7. The van der Waals surface area contributed by atoms with Crippen molar-refractivity contribution in [2.45, 2.75) is 48.1 Å². The van der Waals surface area contributed by atoms with E-state index in [1.165, 1.54) is 0 Å². The number of ether oxygens (including phenoxy) is 1. The molecule has 2 aromatic carbocycles. The number of benzene rings is 2. The van der Waals surface area contributed by atoms with Crippen LogP contribution in [0.3, 0.4) is 0 Å². The zero-order valence-electron chi connectivity index (χ0n) is 16.2. The molecule has 0 fully saturated rings. The van der Waals surface area contributed by atoms with Crippen molar-refractivity contribution in [1.29, 1.82) is 0 Å². The van der Waals surface area contributed by atoms with E-state index in [2.05, 4.69) is 0 Å². The minimum absolute atomic E-state index is 0. The van der Waals surface area contributed by atoms with Crippen molar-refractivity contribution >= 4 is 12.6 Å². The van der Waals surface area contributed by atoms with Gasteiger partial charge in [0, 0.05) is 11.1 Å². The van der Waals surface area contributed by atoms with Gasteiger partial charge in [0.15, 0.2) is 0 Å². The molecule has 27 heavy (non-hydrogen) atoms. The van der Waals surface area contributed by atoms with E-state index in [1.54, 1.807) is 32.0 Å². The SMILES string of the molecule is C.Cc1cc(C=O)cc(C)c1O.Cc1cc(C=O)ccc1OC(C)C.[K+].[OH-]. The van der Waals surface area contributed by atoms with Gasteiger partial charge >= 0.3 is 51.4 Å². The Balaban J connectivity index is -0.000000388. The molecule has 6 heteroatoms. The summed E-state index contributed by atoms with van der Waals surface area (Å²) in [5.74, 6) is 1.12. The van der Waals surface area contributed by atoms with Crippen molar-refractivity contribution in [2.24, 2.45) is 0 Å². The number of aldehydes is 2. The van der Waals surface area contributed by atoms with Crippen molar-refractivity contribution in [3.8, 4) is 11.5 Å². The Labute approximate surface area is 204 Å². The van der Waals surface area contributed by atoms with Crippen molar-refractivity contribution in [3.05, 3.63) is 58.1 Å². The molecule has 2 rings (SSSR count). The number of carbonyl (C=O) groups is 2. The fourth-order valence-corrected chi connectivity index (χ4v) is 2.19. The third kappa shape index (κ3) is 10.2. The first-order chi connectivity index (χ1) is 11.3. The van der Waals surface area contributed by atoms with E-state index in [1.807, 2.05) is 32.9 Å². The van der Waals surface area contributed by atoms with Gasteiger partial charge in [-0.15, -0.1) is 0 Å². The van der Waals surface area contributed by atoms with Gasteiger partial charge in [-0.25, -0.2) is 0 Å². The third-order valence-corrected chi connectivity index (χ3v) is 3.35. The molecular weight excluding hydrogens is 371 g/mol. The number of phenolic OH excluding ortho intramolecular Hbond substituents is 1. The summed E-state index contributed by atoms with van der Waals surface area (Å²) in [6.07, 6.45) is 1.78. The molecule has 0 aliphatic rings. The minimum Gasteiger partial charge on any atom is -0.870 e. The smallest absolute Gasteiger partial charge is 0.870 e. The number of aromatic hydroxyl groups is 1. The van der Waals surface area contributed by atoms with Gasteiger partial charge in [0.05, 0.1) is 6.10 Å². The Hall–Kier alpha value is -1.02. The molecule has 0 unspecified atom stereocenters. The zero-order chi connectivity index (χ0) is 18.3. The third-order valence-electron chi connectivity index (χ3n) is 3.35. The molecule has 2 aromatic rings. The summed E-state index contributed by atoms with van der Waals surface area (Å²) in [4.78, 5) is 20.8. The van der Waals surface area contributed by atoms with Crippen LogP contribution in [0.4, 0.5) is 0 Å². The van der Waals surface area contributed by atoms with E-state index >= 15 is 0 Å². The average Bonchev–Trinajstić information content (AvgIpc) is 2.54. The Morgan fingerprint density at radius 1 is 0.889 bits per heavy atom. The molecular formula is C21H29KO5. The molecule has 5 nitrogen and oxygen atoms in total. The monoisotopic (exact) mass is 400 g/mol. The van der Waals surface area contributed by atoms with Crippen LogP contribution in [0.2, 0.25) is 0 Å². The Bertz CT molecular complexity index is 704. The summed E-state index contributed by atoms with van der Waals surface area (Å²) in [7, 11) is 0. The summed E-state index contributed by atoms with van der Waals surface area (Å²) < 4.78 is 5.53. The van der Waals surface area contributed by atoms with Crippen molar-refractivity contribution < 1.29 is 76.3 Å². The van der Waals surface area contributed by atoms with E-state index in [4.69, 9.17) is 4.74 Å². The van der Waals surface area contributed by atoms with Gasteiger partial charge in [-0.2, -0.15) is 0 Å². The number of rotatable bonds is 4. The predicted octanol–water partition coefficient (Wildman–Crippen LogP) is 1.88. The summed E-state index contributed by atoms with van der Waals surface area (Å²) >= 11 is 0. The molecule has 0 spiro atoms. The van der Waals surface area contributed by atoms with Crippen LogP contribution in [0, 0.1) is 20.8 Å². The fourth-order valence-electron chi connectivity index (χ4n) is 2.19. The molecule has 0 aliphatic carbocycles. The summed E-state index contributed by atoms with van der Waals surface area (Å²) in [6, 6.07) is 8.74. The molecule has 0 aliphatic heterocycles. The summed E-state index contributed by atoms with van der Waals surface area (Å²) in [5.41, 5.74) is 3.78. The van der Waals surface area contributed by atoms with Crippen LogP contribution < -0.4 is 56.1 Å². The maximum atomic E-state index is 10.5. The number of hydrogen-bond donors (Lipinski definition) is 1. The molecule has 0 heterocycles. The van der Waals surface area contributed by atoms with Crippen molar-refractivity contribution in [1.82, 2.24) is 0 Å². The maximum Gasteiger partial charge on any atom is 1.00 e. The zero-order valence-corrected chi connectivity index (χ0v) is 19.4. The normalized spacial score (nSPS) is 8.81. The van der Waals surface area contributed by atoms with Crippen molar-refractivity contribution in [3.63, 3.8) is 0 Å². The number of aryl methyl sites for hydroxylation is 3. The largest absolute Gasteiger partial charge is 1.00 e. The topological polar surface area (TPSA) is 93.6 Å². The van der Waals surface area contributed by atoms with E-state index in [0.29, 0.717) is 11.1 Å². The first-order valence-electron chi connectivity index (χ1n) is 7.76. The number of carbonyl (C=O) groups excluding carboxylic acids is 2. The Morgan fingerprint density at radius 3 is 1.70 bits per heavy atom. The van der Waals surface area contributed by atoms with Crippen LogP contribution in [0.1, 0.15) is 58.7 Å². The molecule has 0 atom stereocenters. The summed E-state index contributed by atoms with van der Waals surface area (Å²) in [6.45, 7) is 9.44. The molecule has 0 amide bonds. The Morgan fingerprint density at radius 2 is 1.33 bits per heavy atom. The van der Waals surface area contributed by atoms with Gasteiger partial charge in [0.25, 0.3) is 0 Å². The van der Waals surface area contributed by atoms with Gasteiger partial charge in [-0.05, 0) is 81.6 Å². The second-order valence-corrected chi connectivity index (χ2v) is 5.93. The van der Waals surface area contributed by atoms with Crippen LogP contribution in [0.15, 0.2) is 30.3 Å². The fraction of sp³-hybridized carbons (Fsp3) is 0.333. The molecule has 0 radical (unpaired) electrons. The predicted molar refractivity (Wildman–Crippen MR) is 104 cm³/mol. The van der Waals surface area contributed by atoms with Crippen LogP contribution in [0.5, 0.6) is 11.5 Å². The molecule has 0 aromatic heterocycles. The van der Waals surface area contributed by atoms with Crippen LogP contribution in [-0.2, 0) is 0 Å². The van der Waals surface area contributed by atoms with Gasteiger partial charge in [0.2, 0.25) is 0 Å². The molecule has 2 N–H and O–H groups in total. The number of hydrogen-bond acceptors (Lipinski definition) is 5. The standard InChI is InChI=1S/C11H14O2.C9H10O2.CH4.K.H2O/c1-8(2)13-11-5-4-10(7-12)6-9(11)3;1-6-3-8(5-10)4-7(2)9(6)11;;;/h4-8H,1-3H3;3-5,11H,1-2H3;1H4;;1H2/q;;;+1;/p-1. The van der Waals surface area contributed by atoms with E-state index < -0.39 is 0 Å². The molecule has 0 saturated carbocycles. The van der Waals surface area contributed by atoms with Gasteiger partial charge in [0.1, 0.15) is 24.1 Å². The quantitative estimate of drug-likeness (QED) is 0.625. The van der Waals surface area contributed by atoms with Gasteiger partial charge in [-0.1, -0.05) is 7.43 Å². The molecule has 0 saturated heterocycles. The van der Waals surface area contributed by atoms with Crippen LogP contribution in [-0.4, -0.2) is 29.3 Å². The number of phenols is 1. The minimum atomic E-state index is 0. The maximum absolute atomic E-state index is 10.5. The molecule has 144 valence electrons. The van der Waals surface area contributed by atoms with E-state index in [9.17, 15) is 14.7 Å². The Kier molecular flexibility index (Phi) is 17.0. The van der Waals surface area contributed by atoms with E-state index in [-0.39, 0.29) is 76.1 Å². The van der Waals surface area contributed by atoms with Gasteiger partial charge < -0.3 is 15.3 Å². The second-order valence-electron chi connectivity index (χ2n) is 5.93. The average molecular weight is 401 g/mol. The summed E-state index contributed by atoms with van der Waals surface area (Å²) in [5, 5.41) is 9.31. The van der Waals surface area contributed by atoms with Crippen molar-refractivity contribution in [2.75, 3.05) is 0 Å². The first-order valence-corrected chi connectivity index (χ1v) is 7.76. The van der Waals surface area contributed by atoms with Gasteiger partial charge in [-0.3, -0.25) is 9.59 Å². The molecule has 0 bridgehead atoms. The second kappa shape index (κ2) is 15.0. The van der Waals surface area contributed by atoms with Crippen LogP contribution in [0.25, 0.3) is 0 Å².